The van der Waals surface area contributed by atoms with Crippen molar-refractivity contribution in [1.29, 1.82) is 0 Å². The Labute approximate surface area is 179 Å². The molecule has 152 valence electrons. The maximum absolute atomic E-state index is 11.6. The summed E-state index contributed by atoms with van der Waals surface area (Å²) in [7, 11) is 0. The molecule has 3 aromatic rings. The summed E-state index contributed by atoms with van der Waals surface area (Å²) in [6.45, 7) is 2.77. The van der Waals surface area contributed by atoms with Crippen molar-refractivity contribution in [3.8, 4) is 0 Å². The predicted octanol–water partition coefficient (Wildman–Crippen LogP) is 4.15. The number of benzene rings is 2. The number of aromatic nitrogens is 3. The number of nitrogens with zero attached hydrogens (tertiary/aromatic N) is 4. The molecule has 29 heavy (non-hydrogen) atoms. The second-order valence-electron chi connectivity index (χ2n) is 6.65. The molecule has 0 saturated carbocycles. The molecule has 0 unspecified atom stereocenters. The van der Waals surface area contributed by atoms with E-state index < -0.39 is 11.6 Å². The van der Waals surface area contributed by atoms with Gasteiger partial charge in [0.05, 0.1) is 25.8 Å². The number of ether oxygens (including phenoxy) is 1. The van der Waals surface area contributed by atoms with Crippen LogP contribution in [0.3, 0.4) is 0 Å². The molecule has 1 aromatic heterocycles. The molecule has 0 spiro atoms. The van der Waals surface area contributed by atoms with Gasteiger partial charge in [-0.15, -0.1) is 0 Å². The number of hydrogen-bond donors (Lipinski definition) is 1. The summed E-state index contributed by atoms with van der Waals surface area (Å²) in [6, 6.07) is 14.4. The average Bonchev–Trinajstić information content (AvgIpc) is 3.21. The van der Waals surface area contributed by atoms with Crippen LogP contribution < -0.4 is 0 Å². The number of hydrogen-bond acceptors (Lipinski definition) is 5. The second-order valence-corrected chi connectivity index (χ2v) is 7.49. The highest BCUT2D eigenvalue weighted by Gasteiger charge is 2.38. The molecule has 6 nitrogen and oxygen atoms in total. The van der Waals surface area contributed by atoms with Crippen molar-refractivity contribution in [3.63, 3.8) is 0 Å². The maximum atomic E-state index is 11.6. The van der Waals surface area contributed by atoms with E-state index in [1.165, 1.54) is 12.7 Å². The van der Waals surface area contributed by atoms with Gasteiger partial charge in [0.15, 0.2) is 0 Å². The van der Waals surface area contributed by atoms with E-state index in [1.807, 2.05) is 37.3 Å². The van der Waals surface area contributed by atoms with Gasteiger partial charge in [0, 0.05) is 21.8 Å². The monoisotopic (exact) mass is 432 g/mol. The number of aliphatic hydroxyl groups is 1. The third kappa shape index (κ3) is 5.64. The van der Waals surface area contributed by atoms with E-state index >= 15 is 0 Å². The summed E-state index contributed by atoms with van der Waals surface area (Å²) in [5, 5.41) is 16.5. The smallest absolute Gasteiger partial charge is 0.137 e. The molecule has 0 radical (unpaired) electrons. The molecular formula is C21H22Cl2N4O2. The summed E-state index contributed by atoms with van der Waals surface area (Å²) >= 11 is 12.4. The van der Waals surface area contributed by atoms with E-state index in [2.05, 4.69) is 15.1 Å². The fourth-order valence-corrected chi connectivity index (χ4v) is 3.54. The van der Waals surface area contributed by atoms with Gasteiger partial charge in [-0.25, -0.2) is 9.67 Å². The van der Waals surface area contributed by atoms with Crippen LogP contribution in [0.2, 0.25) is 10.0 Å². The quantitative estimate of drug-likeness (QED) is 0.407. The normalized spacial score (nSPS) is 14.8. The van der Waals surface area contributed by atoms with Gasteiger partial charge < -0.3 is 9.84 Å². The first-order valence-corrected chi connectivity index (χ1v) is 9.88. The van der Waals surface area contributed by atoms with Crippen molar-refractivity contribution in [2.45, 2.75) is 31.7 Å². The van der Waals surface area contributed by atoms with Crippen LogP contribution in [-0.2, 0) is 23.5 Å². The van der Waals surface area contributed by atoms with Crippen molar-refractivity contribution < 1.29 is 9.84 Å². The molecule has 0 fully saturated rings. The van der Waals surface area contributed by atoms with Crippen molar-refractivity contribution in [3.05, 3.63) is 82.4 Å². The third-order valence-corrected chi connectivity index (χ3v) is 5.14. The van der Waals surface area contributed by atoms with E-state index in [1.54, 1.807) is 29.1 Å². The molecule has 1 heterocycles. The number of halogens is 2. The number of rotatable bonds is 9. The minimum absolute atomic E-state index is 0.137. The molecule has 1 N–H and O–H groups in total. The summed E-state index contributed by atoms with van der Waals surface area (Å²) in [5.74, 6) is 0. The molecule has 8 heteroatoms. The van der Waals surface area contributed by atoms with Crippen molar-refractivity contribution in [2.75, 3.05) is 6.61 Å². The minimum atomic E-state index is -1.41. The fraction of sp³-hybridized carbons (Fsp3) is 0.286. The Balaban J connectivity index is 1.72. The topological polar surface area (TPSA) is 72.5 Å². The van der Waals surface area contributed by atoms with E-state index in [9.17, 15) is 5.11 Å². The van der Waals surface area contributed by atoms with Gasteiger partial charge in [-0.05, 0) is 24.6 Å². The predicted molar refractivity (Wildman–Crippen MR) is 114 cm³/mol. The van der Waals surface area contributed by atoms with Crippen LogP contribution >= 0.6 is 23.2 Å². The van der Waals surface area contributed by atoms with Crippen LogP contribution in [0.1, 0.15) is 18.1 Å². The Morgan fingerprint density at radius 3 is 2.72 bits per heavy atom. The van der Waals surface area contributed by atoms with Crippen LogP contribution in [0.25, 0.3) is 0 Å². The average molecular weight is 433 g/mol. The molecular weight excluding hydrogens is 411 g/mol. The lowest BCUT2D eigenvalue weighted by Gasteiger charge is -2.33. The Morgan fingerprint density at radius 1 is 1.24 bits per heavy atom. The Kier molecular flexibility index (Phi) is 7.39. The summed E-state index contributed by atoms with van der Waals surface area (Å²) in [6.07, 6.45) is 4.60. The third-order valence-electron chi connectivity index (χ3n) is 4.59. The van der Waals surface area contributed by atoms with Crippen molar-refractivity contribution >= 4 is 29.4 Å². The van der Waals surface area contributed by atoms with Gasteiger partial charge in [-0.3, -0.25) is 4.99 Å². The van der Waals surface area contributed by atoms with Gasteiger partial charge >= 0.3 is 0 Å². The first-order valence-electron chi connectivity index (χ1n) is 9.12. The highest BCUT2D eigenvalue weighted by Crippen LogP contribution is 2.35. The van der Waals surface area contributed by atoms with E-state index in [0.29, 0.717) is 28.8 Å². The van der Waals surface area contributed by atoms with Crippen LogP contribution in [0, 0.1) is 0 Å². The summed E-state index contributed by atoms with van der Waals surface area (Å²) < 4.78 is 7.18. The van der Waals surface area contributed by atoms with Gasteiger partial charge in [-0.2, -0.15) is 5.10 Å². The highest BCUT2D eigenvalue weighted by atomic mass is 35.5. The van der Waals surface area contributed by atoms with E-state index in [4.69, 9.17) is 27.9 Å². The zero-order chi connectivity index (χ0) is 20.7. The number of aliphatic imine (C=N–C) groups is 1. The molecule has 3 rings (SSSR count). The lowest BCUT2D eigenvalue weighted by Crippen LogP contribution is -2.41. The van der Waals surface area contributed by atoms with Crippen LogP contribution in [-0.4, -0.2) is 38.7 Å². The van der Waals surface area contributed by atoms with Crippen LogP contribution in [0.5, 0.6) is 0 Å². The van der Waals surface area contributed by atoms with Gasteiger partial charge in [0.2, 0.25) is 0 Å². The Bertz CT molecular complexity index is 935. The summed E-state index contributed by atoms with van der Waals surface area (Å²) in [5.41, 5.74) is 0.198. The van der Waals surface area contributed by atoms with Gasteiger partial charge in [0.1, 0.15) is 18.3 Å². The molecule has 0 amide bonds. The SMILES string of the molecule is C[C@@H](N=CCOCc1ccccc1)[C@](O)(Cn1cncn1)c1ccc(Cl)cc1Cl. The van der Waals surface area contributed by atoms with Crippen molar-refractivity contribution in [2.24, 2.45) is 4.99 Å². The van der Waals surface area contributed by atoms with Gasteiger partial charge in [0.25, 0.3) is 0 Å². The summed E-state index contributed by atoms with van der Waals surface area (Å²) in [4.78, 5) is 8.43. The minimum Gasteiger partial charge on any atom is -0.381 e. The van der Waals surface area contributed by atoms with Crippen molar-refractivity contribution in [1.82, 2.24) is 14.8 Å². The highest BCUT2D eigenvalue weighted by molar-refractivity contribution is 6.35. The fourth-order valence-electron chi connectivity index (χ4n) is 2.97. The van der Waals surface area contributed by atoms with Gasteiger partial charge in [-0.1, -0.05) is 59.6 Å². The molecule has 0 aliphatic rings. The maximum Gasteiger partial charge on any atom is 0.137 e. The van der Waals surface area contributed by atoms with E-state index in [-0.39, 0.29) is 6.54 Å². The zero-order valence-corrected chi connectivity index (χ0v) is 17.5. The molecule has 2 atom stereocenters. The lowest BCUT2D eigenvalue weighted by atomic mass is 9.87. The van der Waals surface area contributed by atoms with E-state index in [0.717, 1.165) is 5.56 Å². The second kappa shape index (κ2) is 9.98. The Morgan fingerprint density at radius 2 is 2.03 bits per heavy atom. The first-order chi connectivity index (χ1) is 14.0. The molecule has 2 aromatic carbocycles. The zero-order valence-electron chi connectivity index (χ0n) is 15.9. The molecule has 0 saturated heterocycles. The largest absolute Gasteiger partial charge is 0.381 e. The van der Waals surface area contributed by atoms with Crippen LogP contribution in [0.4, 0.5) is 0 Å². The molecule has 0 aliphatic heterocycles. The molecule has 0 aliphatic carbocycles. The first kappa shape index (κ1) is 21.5. The molecule has 0 bridgehead atoms. The Hall–Kier alpha value is -2.25. The standard InChI is InChI=1S/C21H22Cl2N4O2/c1-16(25-9-10-29-12-17-5-3-2-4-6-17)21(28,13-27-15-24-14-26-27)19-8-7-18(22)11-20(19)23/h2-9,11,14-16,28H,10,12-13H2,1H3/t16-,21-/m1/s1. The lowest BCUT2D eigenvalue weighted by molar-refractivity contribution is -0.00453. The van der Waals surface area contributed by atoms with Crippen LogP contribution in [0.15, 0.2) is 66.2 Å².